The van der Waals surface area contributed by atoms with E-state index in [-0.39, 0.29) is 34.3 Å². The highest BCUT2D eigenvalue weighted by Crippen LogP contribution is 2.43. The van der Waals surface area contributed by atoms with Gasteiger partial charge in [-0.1, -0.05) is 9.83 Å². The van der Waals surface area contributed by atoms with Gasteiger partial charge in [-0.3, -0.25) is 0 Å². The lowest BCUT2D eigenvalue weighted by atomic mass is 10.0. The van der Waals surface area contributed by atoms with Crippen molar-refractivity contribution in [3.8, 4) is 22.5 Å². The van der Waals surface area contributed by atoms with E-state index >= 15 is 0 Å². The van der Waals surface area contributed by atoms with Gasteiger partial charge in [-0.15, -0.1) is 10.2 Å². The van der Waals surface area contributed by atoms with Gasteiger partial charge in [0.05, 0.1) is 10.5 Å². The van der Waals surface area contributed by atoms with Gasteiger partial charge in [-0.2, -0.15) is 13.6 Å². The number of nitrogens with one attached hydrogen (secondary N) is 2. The maximum absolute atomic E-state index is 13.4. The largest absolute Gasteiger partial charge is 0.384 e. The second kappa shape index (κ2) is 7.37. The minimum Gasteiger partial charge on any atom is -0.384 e. The first-order valence-corrected chi connectivity index (χ1v) is 11.6. The number of sulfonamides is 1. The van der Waals surface area contributed by atoms with E-state index in [9.17, 15) is 12.6 Å². The topological polar surface area (TPSA) is 221 Å². The third-order valence-electron chi connectivity index (χ3n) is 4.39. The van der Waals surface area contributed by atoms with Crippen molar-refractivity contribution in [3.63, 3.8) is 0 Å². The van der Waals surface area contributed by atoms with Crippen LogP contribution in [0.5, 0.6) is 0 Å². The fraction of sp³-hybridized carbons (Fsp3) is 0.200. The van der Waals surface area contributed by atoms with E-state index in [0.717, 1.165) is 0 Å². The number of benzene rings is 1. The molecule has 3 aromatic rings. The van der Waals surface area contributed by atoms with Gasteiger partial charge in [0.15, 0.2) is 9.92 Å². The Kier molecular flexibility index (Phi) is 4.99. The maximum Gasteiger partial charge on any atom is 0.293 e. The molecule has 158 valence electrons. The van der Waals surface area contributed by atoms with E-state index in [1.54, 1.807) is 18.2 Å². The standard InChI is InChI=1S/C15H18N10O3S2/c16-5-9(17)7-20-29(26)11-3-2-10(8-1-4-12(18)19-6-8)13(15-21-23-24-22-15)14(11)30(27,28)25-29/h1-4,6,9H,5,7,16-17H2,(H2,18,19)(H,20,25,26)(H,21,22,23,24)/t9-,29?/m0/s1. The number of aromatic nitrogens is 5. The Balaban J connectivity index is 1.97. The predicted molar refractivity (Wildman–Crippen MR) is 108 cm³/mol. The Morgan fingerprint density at radius 1 is 1.17 bits per heavy atom. The van der Waals surface area contributed by atoms with Gasteiger partial charge >= 0.3 is 0 Å². The van der Waals surface area contributed by atoms with Crippen molar-refractivity contribution in [1.82, 2.24) is 30.3 Å². The zero-order valence-electron chi connectivity index (χ0n) is 15.4. The van der Waals surface area contributed by atoms with Crippen LogP contribution in [0.25, 0.3) is 22.5 Å². The van der Waals surface area contributed by atoms with Gasteiger partial charge in [0.25, 0.3) is 10.0 Å². The summed E-state index contributed by atoms with van der Waals surface area (Å²) in [4.78, 5) is 3.76. The van der Waals surface area contributed by atoms with Crippen molar-refractivity contribution in [2.24, 2.45) is 15.2 Å². The number of aromatic amines is 1. The molecule has 3 heterocycles. The van der Waals surface area contributed by atoms with Crippen molar-refractivity contribution in [2.45, 2.75) is 15.8 Å². The second-order valence-corrected chi connectivity index (χ2v) is 10.2. The molecular formula is C15H18N10O3S2. The lowest BCUT2D eigenvalue weighted by Gasteiger charge is -2.14. The molecule has 0 radical (unpaired) electrons. The van der Waals surface area contributed by atoms with Gasteiger partial charge in [-0.05, 0) is 29.0 Å². The van der Waals surface area contributed by atoms with E-state index in [2.05, 4.69) is 34.1 Å². The van der Waals surface area contributed by atoms with Crippen LogP contribution in [-0.4, -0.2) is 57.4 Å². The van der Waals surface area contributed by atoms with Gasteiger partial charge < -0.3 is 17.2 Å². The first kappa shape index (κ1) is 20.3. The number of H-pyrrole nitrogens is 1. The minimum atomic E-state index is -4.31. The molecule has 1 aromatic carbocycles. The molecule has 0 aliphatic carbocycles. The Hall–Kier alpha value is -2.98. The Morgan fingerprint density at radius 2 is 1.97 bits per heavy atom. The first-order chi connectivity index (χ1) is 14.2. The van der Waals surface area contributed by atoms with Crippen LogP contribution in [0.2, 0.25) is 0 Å². The lowest BCUT2D eigenvalue weighted by molar-refractivity contribution is 0.598. The van der Waals surface area contributed by atoms with Crippen LogP contribution in [0.4, 0.5) is 5.82 Å². The molecule has 2 aromatic heterocycles. The van der Waals surface area contributed by atoms with E-state index < -0.39 is 26.0 Å². The molecular weight excluding hydrogens is 432 g/mol. The number of nitrogen functional groups attached to an aromatic ring is 1. The molecule has 0 bridgehead atoms. The molecule has 8 N–H and O–H groups in total. The van der Waals surface area contributed by atoms with Crippen molar-refractivity contribution >= 4 is 25.8 Å². The summed E-state index contributed by atoms with van der Waals surface area (Å²) in [5, 5.41) is 13.6. The number of nitrogens with two attached hydrogens (primary N) is 3. The van der Waals surface area contributed by atoms with E-state index in [1.165, 1.54) is 12.3 Å². The summed E-state index contributed by atoms with van der Waals surface area (Å²) in [7, 11) is -7.83. The highest BCUT2D eigenvalue weighted by atomic mass is 32.3. The van der Waals surface area contributed by atoms with Crippen LogP contribution in [-0.2, 0) is 19.9 Å². The fourth-order valence-electron chi connectivity index (χ4n) is 2.96. The maximum atomic E-state index is 13.4. The molecule has 0 spiro atoms. The van der Waals surface area contributed by atoms with Gasteiger partial charge in [0.1, 0.15) is 10.7 Å². The van der Waals surface area contributed by atoms with Crippen LogP contribution in [0.3, 0.4) is 0 Å². The van der Waals surface area contributed by atoms with Gasteiger partial charge in [0, 0.05) is 30.9 Å². The van der Waals surface area contributed by atoms with Crippen LogP contribution in [0, 0.1) is 0 Å². The van der Waals surface area contributed by atoms with E-state index in [1.807, 2.05) is 0 Å². The van der Waals surface area contributed by atoms with Gasteiger partial charge in [0.2, 0.25) is 5.82 Å². The fourth-order valence-corrected chi connectivity index (χ4v) is 7.53. The molecule has 0 fully saturated rings. The number of tetrazole rings is 1. The monoisotopic (exact) mass is 450 g/mol. The zero-order chi connectivity index (χ0) is 21.5. The molecule has 1 aliphatic heterocycles. The Labute approximate surface area is 171 Å². The molecule has 2 atom stereocenters. The average Bonchev–Trinajstić information content (AvgIpc) is 3.32. The molecule has 1 aliphatic rings. The lowest BCUT2D eigenvalue weighted by Crippen LogP contribution is -2.41. The SMILES string of the molecule is NC[C@H](N)CNS1(=O)=NS(=O)(=O)c2c1ccc(-c1ccc(N)nc1)c2-c1nn[nH]n1. The van der Waals surface area contributed by atoms with Crippen LogP contribution < -0.4 is 21.9 Å². The summed E-state index contributed by atoms with van der Waals surface area (Å²) >= 11 is 0. The second-order valence-electron chi connectivity index (χ2n) is 6.44. The molecule has 0 saturated heterocycles. The summed E-state index contributed by atoms with van der Waals surface area (Å²) in [6.45, 7) is 0.133. The highest BCUT2D eigenvalue weighted by molar-refractivity contribution is 8.05. The summed E-state index contributed by atoms with van der Waals surface area (Å²) in [5.41, 5.74) is 18.0. The number of fused-ring (bicyclic) bond motifs is 1. The first-order valence-electron chi connectivity index (χ1n) is 8.61. The molecule has 1 unspecified atom stereocenters. The summed E-state index contributed by atoms with van der Waals surface area (Å²) in [6, 6.07) is 5.74. The molecule has 13 nitrogen and oxygen atoms in total. The molecule has 4 rings (SSSR count). The Bertz CT molecular complexity index is 1310. The quantitative estimate of drug-likeness (QED) is 0.302. The average molecular weight is 451 g/mol. The molecule has 30 heavy (non-hydrogen) atoms. The number of pyridine rings is 1. The normalized spacial score (nSPS) is 20.5. The summed E-state index contributed by atoms with van der Waals surface area (Å²) in [5.74, 6) is 0.298. The number of anilines is 1. The van der Waals surface area contributed by atoms with Crippen LogP contribution in [0.1, 0.15) is 0 Å². The number of nitrogens with zero attached hydrogens (tertiary/aromatic N) is 5. The number of hydrogen-bond donors (Lipinski definition) is 5. The van der Waals surface area contributed by atoms with Crippen LogP contribution in [0.15, 0.2) is 44.0 Å². The van der Waals surface area contributed by atoms with Crippen molar-refractivity contribution in [2.75, 3.05) is 18.8 Å². The van der Waals surface area contributed by atoms with Crippen molar-refractivity contribution in [3.05, 3.63) is 30.5 Å². The highest BCUT2D eigenvalue weighted by Gasteiger charge is 2.39. The third-order valence-corrected chi connectivity index (χ3v) is 8.58. The summed E-state index contributed by atoms with van der Waals surface area (Å²) < 4.78 is 45.6. The number of hydrogen-bond acceptors (Lipinski definition) is 10. The number of rotatable bonds is 6. The van der Waals surface area contributed by atoms with Crippen molar-refractivity contribution < 1.29 is 12.6 Å². The minimum absolute atomic E-state index is 0.000223. The smallest absolute Gasteiger partial charge is 0.293 e. The summed E-state index contributed by atoms with van der Waals surface area (Å²) in [6.07, 6.45) is 1.48. The molecule has 15 heteroatoms. The van der Waals surface area contributed by atoms with E-state index in [4.69, 9.17) is 17.2 Å². The van der Waals surface area contributed by atoms with Crippen LogP contribution >= 0.6 is 0 Å². The predicted octanol–water partition coefficient (Wildman–Crippen LogP) is -1.17. The van der Waals surface area contributed by atoms with E-state index in [0.29, 0.717) is 16.9 Å². The zero-order valence-corrected chi connectivity index (χ0v) is 17.0. The van der Waals surface area contributed by atoms with Gasteiger partial charge in [-0.25, -0.2) is 13.9 Å². The molecule has 0 amide bonds. The molecule has 0 saturated carbocycles. The third kappa shape index (κ3) is 3.41. The Morgan fingerprint density at radius 3 is 2.60 bits per heavy atom. The van der Waals surface area contributed by atoms with Crippen molar-refractivity contribution in [1.29, 1.82) is 0 Å².